The molecule has 18 heavy (non-hydrogen) atoms. The monoisotopic (exact) mass is 287 g/mol. The number of rotatable bonds is 4. The van der Waals surface area contributed by atoms with Gasteiger partial charge in [-0.1, -0.05) is 42.1 Å². The molecule has 1 unspecified atom stereocenters. The van der Waals surface area contributed by atoms with Crippen molar-refractivity contribution >= 4 is 23.2 Å². The van der Waals surface area contributed by atoms with Gasteiger partial charge in [-0.2, -0.15) is 0 Å². The van der Waals surface area contributed by atoms with E-state index in [1.54, 1.807) is 7.11 Å². The maximum atomic E-state index is 6.34. The van der Waals surface area contributed by atoms with E-state index in [2.05, 4.69) is 0 Å². The van der Waals surface area contributed by atoms with Crippen molar-refractivity contribution in [2.75, 3.05) is 7.11 Å². The number of halogens is 2. The molecule has 0 radical (unpaired) electrons. The molecule has 1 fully saturated rings. The second-order valence-corrected chi connectivity index (χ2v) is 5.85. The van der Waals surface area contributed by atoms with E-state index < -0.39 is 0 Å². The van der Waals surface area contributed by atoms with Gasteiger partial charge in [-0.15, -0.1) is 0 Å². The predicted molar refractivity (Wildman–Crippen MR) is 76.3 cm³/mol. The van der Waals surface area contributed by atoms with Crippen molar-refractivity contribution in [1.82, 2.24) is 0 Å². The maximum absolute atomic E-state index is 6.34. The van der Waals surface area contributed by atoms with E-state index in [0.717, 1.165) is 24.8 Å². The van der Waals surface area contributed by atoms with Crippen LogP contribution in [0, 0.1) is 0 Å². The minimum atomic E-state index is -0.161. The zero-order valence-corrected chi connectivity index (χ0v) is 12.1. The number of nitrogens with two attached hydrogens (primary N) is 1. The average Bonchev–Trinajstić information content (AvgIpc) is 2.84. The molecule has 0 aromatic heterocycles. The van der Waals surface area contributed by atoms with Gasteiger partial charge >= 0.3 is 0 Å². The van der Waals surface area contributed by atoms with Gasteiger partial charge in [0.05, 0.1) is 15.6 Å². The maximum Gasteiger partial charge on any atom is 0.0832 e. The molecule has 1 aromatic carbocycles. The van der Waals surface area contributed by atoms with Gasteiger partial charge in [0.2, 0.25) is 0 Å². The molecule has 0 amide bonds. The molecule has 1 saturated carbocycles. The first-order valence-electron chi connectivity index (χ1n) is 6.32. The van der Waals surface area contributed by atoms with Crippen molar-refractivity contribution in [2.45, 2.75) is 43.7 Å². The third kappa shape index (κ3) is 2.83. The summed E-state index contributed by atoms with van der Waals surface area (Å²) in [5, 5.41) is 1.16. The molecule has 1 aromatic rings. The van der Waals surface area contributed by atoms with Crippen LogP contribution in [0.5, 0.6) is 0 Å². The molecule has 1 atom stereocenters. The summed E-state index contributed by atoms with van der Waals surface area (Å²) >= 11 is 11.9. The first-order valence-corrected chi connectivity index (χ1v) is 7.08. The Morgan fingerprint density at radius 2 is 1.94 bits per heavy atom. The molecule has 100 valence electrons. The van der Waals surface area contributed by atoms with Gasteiger partial charge in [-0.25, -0.2) is 0 Å². The van der Waals surface area contributed by atoms with Crippen molar-refractivity contribution in [1.29, 1.82) is 0 Å². The Labute approximate surface area is 118 Å². The number of methoxy groups -OCH3 is 1. The van der Waals surface area contributed by atoms with Crippen molar-refractivity contribution in [3.05, 3.63) is 33.8 Å². The summed E-state index contributed by atoms with van der Waals surface area (Å²) in [6, 6.07) is 5.69. The summed E-state index contributed by atoms with van der Waals surface area (Å²) in [6.07, 6.45) is 5.26. The Bertz CT molecular complexity index is 416. The molecule has 0 aliphatic heterocycles. The van der Waals surface area contributed by atoms with E-state index in [4.69, 9.17) is 33.7 Å². The van der Waals surface area contributed by atoms with Crippen LogP contribution >= 0.6 is 23.2 Å². The van der Waals surface area contributed by atoms with Crippen LogP contribution in [0.1, 0.15) is 31.2 Å². The fraction of sp³-hybridized carbons (Fsp3) is 0.571. The second-order valence-electron chi connectivity index (χ2n) is 5.04. The largest absolute Gasteiger partial charge is 0.377 e. The minimum Gasteiger partial charge on any atom is -0.377 e. The van der Waals surface area contributed by atoms with Gasteiger partial charge in [-0.3, -0.25) is 0 Å². The second kappa shape index (κ2) is 5.79. The molecule has 0 heterocycles. The molecule has 2 nitrogen and oxygen atoms in total. The van der Waals surface area contributed by atoms with Crippen LogP contribution in [-0.2, 0) is 11.2 Å². The van der Waals surface area contributed by atoms with Gasteiger partial charge in [0.15, 0.2) is 0 Å². The zero-order chi connectivity index (χ0) is 13.2. The van der Waals surface area contributed by atoms with Crippen molar-refractivity contribution in [3.63, 3.8) is 0 Å². The van der Waals surface area contributed by atoms with E-state index in [1.807, 2.05) is 18.2 Å². The van der Waals surface area contributed by atoms with E-state index in [9.17, 15) is 0 Å². The van der Waals surface area contributed by atoms with E-state index in [-0.39, 0.29) is 11.6 Å². The molecule has 0 saturated heterocycles. The minimum absolute atomic E-state index is 0.00208. The Hall–Kier alpha value is -0.280. The van der Waals surface area contributed by atoms with E-state index in [0.29, 0.717) is 10.0 Å². The lowest BCUT2D eigenvalue weighted by Gasteiger charge is -2.34. The van der Waals surface area contributed by atoms with E-state index in [1.165, 1.54) is 12.8 Å². The van der Waals surface area contributed by atoms with Gasteiger partial charge in [0.25, 0.3) is 0 Å². The van der Waals surface area contributed by atoms with Gasteiger partial charge in [0.1, 0.15) is 0 Å². The molecule has 1 aliphatic rings. The first-order chi connectivity index (χ1) is 8.57. The SMILES string of the molecule is COC1(C(N)Cc2ccc(Cl)c(Cl)c2)CCCC1. The lowest BCUT2D eigenvalue weighted by Crippen LogP contribution is -2.48. The third-order valence-electron chi connectivity index (χ3n) is 3.97. The zero-order valence-electron chi connectivity index (χ0n) is 10.6. The van der Waals surface area contributed by atoms with Crippen molar-refractivity contribution in [2.24, 2.45) is 5.73 Å². The highest BCUT2D eigenvalue weighted by Gasteiger charge is 2.39. The molecule has 2 rings (SSSR count). The molecular weight excluding hydrogens is 269 g/mol. The summed E-state index contributed by atoms with van der Waals surface area (Å²) in [7, 11) is 1.76. The predicted octanol–water partition coefficient (Wildman–Crippen LogP) is 3.82. The van der Waals surface area contributed by atoms with Crippen LogP contribution < -0.4 is 5.73 Å². The number of ether oxygens (including phenoxy) is 1. The molecule has 4 heteroatoms. The highest BCUT2D eigenvalue weighted by Crippen LogP contribution is 2.36. The summed E-state index contributed by atoms with van der Waals surface area (Å²) in [4.78, 5) is 0. The average molecular weight is 288 g/mol. The van der Waals surface area contributed by atoms with Crippen molar-refractivity contribution in [3.8, 4) is 0 Å². The summed E-state index contributed by atoms with van der Waals surface area (Å²) in [5.74, 6) is 0. The molecule has 2 N–H and O–H groups in total. The van der Waals surface area contributed by atoms with Crippen LogP contribution in [0.3, 0.4) is 0 Å². The van der Waals surface area contributed by atoms with Crippen LogP contribution in [0.15, 0.2) is 18.2 Å². The van der Waals surface area contributed by atoms with Gasteiger partial charge in [0, 0.05) is 13.2 Å². The molecular formula is C14H19Cl2NO. The number of benzene rings is 1. The Balaban J connectivity index is 2.10. The third-order valence-corrected chi connectivity index (χ3v) is 4.71. The van der Waals surface area contributed by atoms with Crippen LogP contribution in [0.2, 0.25) is 10.0 Å². The Morgan fingerprint density at radius 1 is 1.28 bits per heavy atom. The lowest BCUT2D eigenvalue weighted by molar-refractivity contribution is -0.0253. The van der Waals surface area contributed by atoms with Gasteiger partial charge in [-0.05, 0) is 37.0 Å². The molecule has 0 spiro atoms. The highest BCUT2D eigenvalue weighted by atomic mass is 35.5. The Kier molecular flexibility index (Phi) is 4.54. The smallest absolute Gasteiger partial charge is 0.0832 e. The lowest BCUT2D eigenvalue weighted by atomic mass is 9.88. The van der Waals surface area contributed by atoms with Crippen LogP contribution in [-0.4, -0.2) is 18.8 Å². The summed E-state index contributed by atoms with van der Waals surface area (Å²) < 4.78 is 5.70. The van der Waals surface area contributed by atoms with Crippen LogP contribution in [0.4, 0.5) is 0 Å². The Morgan fingerprint density at radius 3 is 2.50 bits per heavy atom. The van der Waals surface area contributed by atoms with E-state index >= 15 is 0 Å². The fourth-order valence-electron chi connectivity index (χ4n) is 2.81. The highest BCUT2D eigenvalue weighted by molar-refractivity contribution is 6.42. The summed E-state index contributed by atoms with van der Waals surface area (Å²) in [6.45, 7) is 0. The standard InChI is InChI=1S/C14H19Cl2NO/c1-18-14(6-2-3-7-14)13(17)9-10-4-5-11(15)12(16)8-10/h4-5,8,13H,2-3,6-7,9,17H2,1H3. The van der Waals surface area contributed by atoms with Gasteiger partial charge < -0.3 is 10.5 Å². The first kappa shape index (κ1) is 14.1. The number of hydrogen-bond acceptors (Lipinski definition) is 2. The quantitative estimate of drug-likeness (QED) is 0.914. The van der Waals surface area contributed by atoms with Crippen LogP contribution in [0.25, 0.3) is 0 Å². The summed E-state index contributed by atoms with van der Waals surface area (Å²) in [5.41, 5.74) is 7.29. The topological polar surface area (TPSA) is 35.2 Å². The molecule has 1 aliphatic carbocycles. The molecule has 0 bridgehead atoms. The fourth-order valence-corrected chi connectivity index (χ4v) is 3.13. The number of hydrogen-bond donors (Lipinski definition) is 1. The normalized spacial score (nSPS) is 20.0. The van der Waals surface area contributed by atoms with Crippen molar-refractivity contribution < 1.29 is 4.74 Å².